The first kappa shape index (κ1) is 26.4. The lowest BCUT2D eigenvalue weighted by Crippen LogP contribution is -2.24. The van der Waals surface area contributed by atoms with E-state index in [0.29, 0.717) is 31.3 Å². The van der Waals surface area contributed by atoms with E-state index in [9.17, 15) is 14.4 Å². The second-order valence-electron chi connectivity index (χ2n) is 6.61. The van der Waals surface area contributed by atoms with Crippen LogP contribution in [0.2, 0.25) is 5.02 Å². The van der Waals surface area contributed by atoms with E-state index in [1.807, 2.05) is 29.5 Å². The molecule has 0 bridgehead atoms. The molecule has 0 saturated heterocycles. The summed E-state index contributed by atoms with van der Waals surface area (Å²) in [7, 11) is 1.46. The van der Waals surface area contributed by atoms with Gasteiger partial charge in [-0.3, -0.25) is 9.59 Å². The summed E-state index contributed by atoms with van der Waals surface area (Å²) in [5, 5.41) is 7.00. The predicted molar refractivity (Wildman–Crippen MR) is 133 cm³/mol. The Morgan fingerprint density at radius 1 is 1.18 bits per heavy atom. The molecule has 0 spiro atoms. The molecule has 2 aromatic rings. The Kier molecular flexibility index (Phi) is 10.4. The van der Waals surface area contributed by atoms with Gasteiger partial charge in [-0.05, 0) is 71.8 Å². The molecular formula is C22H23ClIN3O6. The topological polar surface area (TPSA) is 115 Å². The number of anilines is 1. The van der Waals surface area contributed by atoms with E-state index in [1.54, 1.807) is 37.3 Å². The van der Waals surface area contributed by atoms with Gasteiger partial charge in [0.2, 0.25) is 11.8 Å². The highest BCUT2D eigenvalue weighted by Crippen LogP contribution is 2.33. The smallest absolute Gasteiger partial charge is 0.344 e. The van der Waals surface area contributed by atoms with Crippen molar-refractivity contribution >= 4 is 63.9 Å². The number of esters is 1. The summed E-state index contributed by atoms with van der Waals surface area (Å²) < 4.78 is 16.3. The fourth-order valence-corrected chi connectivity index (χ4v) is 3.49. The minimum absolute atomic E-state index is 0.249. The summed E-state index contributed by atoms with van der Waals surface area (Å²) in [5.41, 5.74) is 4.29. The normalized spacial score (nSPS) is 10.6. The number of hydrazone groups is 1. The number of aryl methyl sites for hydroxylation is 1. The summed E-state index contributed by atoms with van der Waals surface area (Å²) in [5.74, 6) is -0.798. The largest absolute Gasteiger partial charge is 0.493 e. The van der Waals surface area contributed by atoms with E-state index in [1.165, 1.54) is 13.3 Å². The summed E-state index contributed by atoms with van der Waals surface area (Å²) in [6, 6.07) is 8.44. The molecule has 2 rings (SSSR count). The first-order valence-corrected chi connectivity index (χ1v) is 11.2. The highest BCUT2D eigenvalue weighted by Gasteiger charge is 2.14. The molecule has 176 valence electrons. The Morgan fingerprint density at radius 3 is 2.61 bits per heavy atom. The lowest BCUT2D eigenvalue weighted by Gasteiger charge is -2.13. The van der Waals surface area contributed by atoms with Gasteiger partial charge in [-0.25, -0.2) is 10.2 Å². The van der Waals surface area contributed by atoms with E-state index < -0.39 is 24.2 Å². The van der Waals surface area contributed by atoms with Gasteiger partial charge in [0.05, 0.1) is 23.5 Å². The maximum atomic E-state index is 12.0. The third-order valence-corrected chi connectivity index (χ3v) is 5.28. The molecule has 0 aliphatic heterocycles. The SMILES string of the molecule is CCOC(=O)COc1c(I)cc(C=NNC(=O)CC(=O)Nc2ccc(C)c(Cl)c2)cc1OC. The molecule has 0 unspecified atom stereocenters. The van der Waals surface area contributed by atoms with Crippen LogP contribution in [-0.4, -0.2) is 44.3 Å². The van der Waals surface area contributed by atoms with Crippen LogP contribution < -0.4 is 20.2 Å². The molecule has 0 aromatic heterocycles. The number of nitrogens with zero attached hydrogens (tertiary/aromatic N) is 1. The molecule has 9 nitrogen and oxygen atoms in total. The van der Waals surface area contributed by atoms with Crippen LogP contribution in [0.4, 0.5) is 5.69 Å². The summed E-state index contributed by atoms with van der Waals surface area (Å²) >= 11 is 8.06. The van der Waals surface area contributed by atoms with Gasteiger partial charge >= 0.3 is 5.97 Å². The Labute approximate surface area is 209 Å². The molecular weight excluding hydrogens is 565 g/mol. The van der Waals surface area contributed by atoms with Crippen molar-refractivity contribution in [2.75, 3.05) is 25.6 Å². The number of hydrogen-bond donors (Lipinski definition) is 2. The van der Waals surface area contributed by atoms with Crippen LogP contribution in [0.5, 0.6) is 11.5 Å². The third-order valence-electron chi connectivity index (χ3n) is 4.07. The Hall–Kier alpha value is -2.86. The third kappa shape index (κ3) is 8.54. The zero-order valence-corrected chi connectivity index (χ0v) is 21.2. The van der Waals surface area contributed by atoms with Gasteiger partial charge in [-0.2, -0.15) is 5.10 Å². The molecule has 2 N–H and O–H groups in total. The maximum Gasteiger partial charge on any atom is 0.344 e. The van der Waals surface area contributed by atoms with Crippen LogP contribution in [-0.2, 0) is 19.1 Å². The van der Waals surface area contributed by atoms with Crippen molar-refractivity contribution in [3.05, 3.63) is 50.1 Å². The van der Waals surface area contributed by atoms with Gasteiger partial charge in [0.1, 0.15) is 6.42 Å². The second kappa shape index (κ2) is 13.0. The van der Waals surface area contributed by atoms with Crippen molar-refractivity contribution in [1.82, 2.24) is 5.43 Å². The van der Waals surface area contributed by atoms with Crippen LogP contribution in [0, 0.1) is 10.5 Å². The summed E-state index contributed by atoms with van der Waals surface area (Å²) in [6.07, 6.45) is 0.986. The maximum absolute atomic E-state index is 12.0. The molecule has 33 heavy (non-hydrogen) atoms. The van der Waals surface area contributed by atoms with Gasteiger partial charge in [-0.1, -0.05) is 17.7 Å². The second-order valence-corrected chi connectivity index (χ2v) is 8.18. The van der Waals surface area contributed by atoms with Crippen molar-refractivity contribution in [3.63, 3.8) is 0 Å². The predicted octanol–water partition coefficient (Wildman–Crippen LogP) is 3.68. The quantitative estimate of drug-likeness (QED) is 0.144. The lowest BCUT2D eigenvalue weighted by atomic mass is 10.2. The van der Waals surface area contributed by atoms with Gasteiger partial charge in [0, 0.05) is 10.7 Å². The van der Waals surface area contributed by atoms with Crippen molar-refractivity contribution in [3.8, 4) is 11.5 Å². The van der Waals surface area contributed by atoms with Crippen molar-refractivity contribution < 1.29 is 28.6 Å². The molecule has 2 aromatic carbocycles. The standard InChI is InChI=1S/C22H23ClIN3O6/c1-4-32-21(30)12-33-22-17(24)7-14(8-18(22)31-3)11-25-27-20(29)10-19(28)26-15-6-5-13(2)16(23)9-15/h5-9,11H,4,10,12H2,1-3H3,(H,26,28)(H,27,29). The fraction of sp³-hybridized carbons (Fsp3) is 0.273. The van der Waals surface area contributed by atoms with Crippen LogP contribution in [0.1, 0.15) is 24.5 Å². The van der Waals surface area contributed by atoms with Gasteiger partial charge in [0.15, 0.2) is 18.1 Å². The molecule has 11 heteroatoms. The molecule has 0 radical (unpaired) electrons. The van der Waals surface area contributed by atoms with E-state index in [-0.39, 0.29) is 13.2 Å². The molecule has 2 amide bonds. The minimum Gasteiger partial charge on any atom is -0.493 e. The highest BCUT2D eigenvalue weighted by molar-refractivity contribution is 14.1. The number of ether oxygens (including phenoxy) is 3. The Morgan fingerprint density at radius 2 is 1.94 bits per heavy atom. The molecule has 0 saturated carbocycles. The molecule has 0 aliphatic carbocycles. The number of halogens is 2. The lowest BCUT2D eigenvalue weighted by molar-refractivity contribution is -0.145. The minimum atomic E-state index is -0.585. The number of methoxy groups -OCH3 is 1. The zero-order valence-electron chi connectivity index (χ0n) is 18.2. The average molecular weight is 588 g/mol. The van der Waals surface area contributed by atoms with Crippen molar-refractivity contribution in [2.45, 2.75) is 20.3 Å². The van der Waals surface area contributed by atoms with Crippen LogP contribution in [0.25, 0.3) is 0 Å². The molecule has 0 heterocycles. The first-order chi connectivity index (χ1) is 15.7. The van der Waals surface area contributed by atoms with Crippen LogP contribution >= 0.6 is 34.2 Å². The van der Waals surface area contributed by atoms with Crippen LogP contribution in [0.15, 0.2) is 35.4 Å². The number of carbonyl (C=O) groups is 3. The number of nitrogens with one attached hydrogen (secondary N) is 2. The van der Waals surface area contributed by atoms with E-state index in [0.717, 1.165) is 5.56 Å². The molecule has 0 fully saturated rings. The van der Waals surface area contributed by atoms with Crippen molar-refractivity contribution in [2.24, 2.45) is 5.10 Å². The number of benzene rings is 2. The fourth-order valence-electron chi connectivity index (χ4n) is 2.53. The van der Waals surface area contributed by atoms with E-state index in [4.69, 9.17) is 25.8 Å². The Bertz CT molecular complexity index is 1060. The summed E-state index contributed by atoms with van der Waals surface area (Å²) in [4.78, 5) is 35.6. The number of rotatable bonds is 10. The number of carbonyl (C=O) groups excluding carboxylic acids is 3. The average Bonchev–Trinajstić information content (AvgIpc) is 2.75. The molecule has 0 aliphatic rings. The number of amides is 2. The van der Waals surface area contributed by atoms with Crippen LogP contribution in [0.3, 0.4) is 0 Å². The van der Waals surface area contributed by atoms with E-state index >= 15 is 0 Å². The monoisotopic (exact) mass is 587 g/mol. The van der Waals surface area contributed by atoms with Crippen molar-refractivity contribution in [1.29, 1.82) is 0 Å². The highest BCUT2D eigenvalue weighted by atomic mass is 127. The summed E-state index contributed by atoms with van der Waals surface area (Å²) in [6.45, 7) is 3.57. The number of hydrogen-bond acceptors (Lipinski definition) is 7. The first-order valence-electron chi connectivity index (χ1n) is 9.77. The van der Waals surface area contributed by atoms with Gasteiger partial charge in [-0.15, -0.1) is 0 Å². The van der Waals surface area contributed by atoms with Gasteiger partial charge in [0.25, 0.3) is 0 Å². The molecule has 0 atom stereocenters. The van der Waals surface area contributed by atoms with E-state index in [2.05, 4.69) is 15.8 Å². The van der Waals surface area contributed by atoms with Gasteiger partial charge < -0.3 is 19.5 Å². The Balaban J connectivity index is 1.93. The zero-order chi connectivity index (χ0) is 24.4.